The highest BCUT2D eigenvalue weighted by atomic mass is 16.6. The second-order valence-corrected chi connectivity index (χ2v) is 25.5. The summed E-state index contributed by atoms with van der Waals surface area (Å²) in [5, 5.41) is 36.3. The fourth-order valence-corrected chi connectivity index (χ4v) is 12.4. The second kappa shape index (κ2) is 28.8. The van der Waals surface area contributed by atoms with Crippen molar-refractivity contribution in [3.8, 4) is 11.5 Å². The van der Waals surface area contributed by atoms with Crippen molar-refractivity contribution in [1.82, 2.24) is 56.5 Å². The van der Waals surface area contributed by atoms with Crippen molar-refractivity contribution in [3.63, 3.8) is 0 Å². The molecule has 0 radical (unpaired) electrons. The van der Waals surface area contributed by atoms with Gasteiger partial charge in [0.15, 0.2) is 11.3 Å². The number of anilines is 1. The quantitative estimate of drug-likeness (QED) is 0.0651. The number of likely N-dealkylation sites (N-methyl/N-ethyl adjacent to an activating group) is 2. The number of carbonyl (C=O) groups excluding carboxylic acids is 12. The third-order valence-electron chi connectivity index (χ3n) is 17.6. The molecule has 502 valence electrons. The first-order valence-electron chi connectivity index (χ1n) is 30.9. The van der Waals surface area contributed by atoms with Gasteiger partial charge in [-0.2, -0.15) is 0 Å². The number of hydrogen-bond donors (Lipinski definition) is 9. The molecule has 92 heavy (non-hydrogen) atoms. The SMILES string of the molecule is Cc1c2oc3c(C)ccc(C(=O)NC4C(=O)NC(C(C)C)C(=O)N5CCCC5C(=O)NC(CO)C(=O)N(C)C(C(C)C)C(=O)OC4C)c3nc-2c(C(=O)NC2C(=O)NC(C(C)C)C(=O)N3CCCC3C(=O)NC(CO)C(=O)N(C)C(C(C)C)C(=O)OC2C)c(N)c1=O. The molecule has 5 aliphatic heterocycles. The molecule has 7 rings (SSSR count). The number of cyclic esters (lactones) is 2. The first kappa shape index (κ1) is 70.7. The zero-order valence-corrected chi connectivity index (χ0v) is 54.3. The number of esters is 2. The summed E-state index contributed by atoms with van der Waals surface area (Å²) in [5.41, 5.74) is 3.25. The van der Waals surface area contributed by atoms with Gasteiger partial charge >= 0.3 is 11.9 Å². The number of rotatable bonds is 10. The molecular formula is C62H86N12O18. The van der Waals surface area contributed by atoms with Gasteiger partial charge in [-0.25, -0.2) is 14.6 Å². The Hall–Kier alpha value is -8.80. The maximum atomic E-state index is 15.2. The van der Waals surface area contributed by atoms with E-state index in [4.69, 9.17) is 24.6 Å². The first-order chi connectivity index (χ1) is 43.2. The highest BCUT2D eigenvalue weighted by Gasteiger charge is 2.47. The van der Waals surface area contributed by atoms with E-state index < -0.39 is 203 Å². The molecule has 12 atom stereocenters. The minimum atomic E-state index is -1.94. The van der Waals surface area contributed by atoms with Crippen LogP contribution in [-0.2, 0) is 57.4 Å². The zero-order chi connectivity index (χ0) is 68.4. The highest BCUT2D eigenvalue weighted by Crippen LogP contribution is 2.35. The Morgan fingerprint density at radius 2 is 1.04 bits per heavy atom. The molecule has 0 saturated carbocycles. The fraction of sp³-hybridized carbons (Fsp3) is 0.613. The molecule has 4 fully saturated rings. The van der Waals surface area contributed by atoms with Crippen LogP contribution in [0, 0.1) is 37.5 Å². The fourth-order valence-electron chi connectivity index (χ4n) is 12.4. The normalized spacial score (nSPS) is 27.3. The second-order valence-electron chi connectivity index (χ2n) is 25.5. The molecule has 12 unspecified atom stereocenters. The third-order valence-corrected chi connectivity index (χ3v) is 17.6. The van der Waals surface area contributed by atoms with Gasteiger partial charge in [0.2, 0.25) is 52.7 Å². The van der Waals surface area contributed by atoms with Gasteiger partial charge in [0.05, 0.1) is 30.0 Å². The number of aliphatic hydroxyl groups is 2. The van der Waals surface area contributed by atoms with Gasteiger partial charge < -0.3 is 81.3 Å². The minimum Gasteiger partial charge on any atom is -0.458 e. The lowest BCUT2D eigenvalue weighted by atomic mass is 9.98. The molecule has 0 aromatic heterocycles. The number of aromatic nitrogens is 1. The van der Waals surface area contributed by atoms with Crippen molar-refractivity contribution in [2.75, 3.05) is 46.1 Å². The Balaban J connectivity index is 1.33. The number of nitrogen functional groups attached to an aromatic ring is 1. The van der Waals surface area contributed by atoms with E-state index in [1.54, 1.807) is 62.3 Å². The van der Waals surface area contributed by atoms with E-state index in [2.05, 4.69) is 31.9 Å². The average Bonchev–Trinajstić information content (AvgIpc) is 0.853. The van der Waals surface area contributed by atoms with Crippen LogP contribution in [0.3, 0.4) is 0 Å². The Kier molecular flexibility index (Phi) is 22.1. The van der Waals surface area contributed by atoms with Crippen molar-refractivity contribution in [3.05, 3.63) is 44.6 Å². The number of nitrogens with one attached hydrogen (secondary N) is 6. The van der Waals surface area contributed by atoms with Crippen molar-refractivity contribution in [1.29, 1.82) is 0 Å². The van der Waals surface area contributed by atoms with E-state index >= 15 is 9.59 Å². The minimum absolute atomic E-state index is 0.0759. The maximum Gasteiger partial charge on any atom is 0.329 e. The summed E-state index contributed by atoms with van der Waals surface area (Å²) >= 11 is 0. The molecule has 4 saturated heterocycles. The number of aryl methyl sites for hydroxylation is 1. The molecule has 1 aromatic carbocycles. The van der Waals surface area contributed by atoms with E-state index in [-0.39, 0.29) is 53.9 Å². The van der Waals surface area contributed by atoms with E-state index in [0.29, 0.717) is 18.4 Å². The summed E-state index contributed by atoms with van der Waals surface area (Å²) in [6.07, 6.45) is -2.14. The number of benzene rings is 2. The van der Waals surface area contributed by atoms with Gasteiger partial charge in [0.25, 0.3) is 11.8 Å². The predicted octanol–water partition coefficient (Wildman–Crippen LogP) is -1.24. The Bertz CT molecular complexity index is 3460. The van der Waals surface area contributed by atoms with Crippen LogP contribution < -0.4 is 43.1 Å². The van der Waals surface area contributed by atoms with Crippen molar-refractivity contribution in [2.45, 2.75) is 181 Å². The monoisotopic (exact) mass is 1290 g/mol. The van der Waals surface area contributed by atoms with E-state index in [9.17, 15) is 63.0 Å². The van der Waals surface area contributed by atoms with Crippen LogP contribution in [0.4, 0.5) is 5.69 Å². The standard InChI is InChI=1S/C62H86N12O18/c1-25(2)40-59(86)73-21-15-17-36(73)52(79)64-34(23-75)57(84)71(13)46(27(5)6)61(88)90-31(11)42(55(82)67-40)69-51(78)33-20-19-29(9)49-44(33)66-45-38(39(63)48(77)30(10)50(45)92-49)54(81)70-43-32(12)91-62(89)47(28(7)8)72(14)58(85)35(24-76)65-53(80)37-18-16-22-74(37)60(87)41(26(3)4)68-56(43)83/h19-20,25-28,31-32,34-37,40-43,46-47,75-76H,15-18,21-24,63H2,1-14H3,(H,64,79)(H,65,80)(H,67,82)(H,68,83)(H,69,78)(H,70,81). The predicted molar refractivity (Wildman–Crippen MR) is 328 cm³/mol. The van der Waals surface area contributed by atoms with Crippen LogP contribution >= 0.6 is 0 Å². The van der Waals surface area contributed by atoms with Gasteiger partial charge in [0, 0.05) is 32.7 Å². The lowest BCUT2D eigenvalue weighted by Gasteiger charge is -2.36. The number of nitrogens with zero attached hydrogens (tertiary/aromatic N) is 5. The maximum absolute atomic E-state index is 15.2. The summed E-state index contributed by atoms with van der Waals surface area (Å²) in [6.45, 7) is 16.8. The number of carbonyl (C=O) groups is 12. The highest BCUT2D eigenvalue weighted by molar-refractivity contribution is 6.10. The smallest absolute Gasteiger partial charge is 0.329 e. The number of amides is 10. The molecule has 5 heterocycles. The van der Waals surface area contributed by atoms with Gasteiger partial charge in [-0.3, -0.25) is 52.7 Å². The summed E-state index contributed by atoms with van der Waals surface area (Å²) in [7, 11) is 2.52. The summed E-state index contributed by atoms with van der Waals surface area (Å²) in [6, 6.07) is -11.8. The van der Waals surface area contributed by atoms with Crippen molar-refractivity contribution < 1.29 is 81.6 Å². The molecule has 1 aromatic rings. The number of fused-ring (bicyclic) bond motifs is 4. The molecule has 0 spiro atoms. The summed E-state index contributed by atoms with van der Waals surface area (Å²) in [5.74, 6) is -14.2. The Labute approximate surface area is 531 Å². The molecule has 10 amide bonds. The number of hydrogen-bond acceptors (Lipinski definition) is 20. The van der Waals surface area contributed by atoms with Gasteiger partial charge in [-0.1, -0.05) is 61.5 Å². The van der Waals surface area contributed by atoms with Crippen LogP contribution in [0.5, 0.6) is 0 Å². The number of nitrogens with two attached hydrogens (primary N) is 1. The lowest BCUT2D eigenvalue weighted by Crippen LogP contribution is -2.62. The van der Waals surface area contributed by atoms with Crippen molar-refractivity contribution in [2.24, 2.45) is 23.7 Å². The number of aliphatic hydroxyl groups excluding tert-OH is 2. The van der Waals surface area contributed by atoms with Crippen LogP contribution in [0.15, 0.2) is 21.3 Å². The zero-order valence-electron chi connectivity index (χ0n) is 54.3. The molecule has 1 aliphatic carbocycles. The molecule has 6 aliphatic rings. The molecule has 0 bridgehead atoms. The molecule has 30 nitrogen and oxygen atoms in total. The van der Waals surface area contributed by atoms with Crippen LogP contribution in [-0.4, -0.2) is 219 Å². The summed E-state index contributed by atoms with van der Waals surface area (Å²) in [4.78, 5) is 197. The van der Waals surface area contributed by atoms with Gasteiger partial charge in [0.1, 0.15) is 83.8 Å². The molecule has 30 heteroatoms. The topological polar surface area (TPSA) is 418 Å². The van der Waals surface area contributed by atoms with Crippen LogP contribution in [0.2, 0.25) is 0 Å². The third kappa shape index (κ3) is 14.1. The molecule has 10 N–H and O–H groups in total. The van der Waals surface area contributed by atoms with Gasteiger partial charge in [-0.15, -0.1) is 0 Å². The van der Waals surface area contributed by atoms with Crippen LogP contribution in [0.1, 0.15) is 127 Å². The number of ether oxygens (including phenoxy) is 2. The first-order valence-corrected chi connectivity index (χ1v) is 30.9. The molecular weight excluding hydrogens is 1200 g/mol. The summed E-state index contributed by atoms with van der Waals surface area (Å²) < 4.78 is 18.2. The Morgan fingerprint density at radius 1 is 0.620 bits per heavy atom. The van der Waals surface area contributed by atoms with Gasteiger partial charge in [-0.05, 0) is 88.7 Å². The largest absolute Gasteiger partial charge is 0.458 e. The Morgan fingerprint density at radius 3 is 1.45 bits per heavy atom. The van der Waals surface area contributed by atoms with E-state index in [1.807, 2.05) is 0 Å². The van der Waals surface area contributed by atoms with E-state index in [1.165, 1.54) is 56.8 Å². The van der Waals surface area contributed by atoms with Crippen LogP contribution in [0.25, 0.3) is 22.6 Å². The average molecular weight is 1290 g/mol. The van der Waals surface area contributed by atoms with E-state index in [0.717, 1.165) is 9.80 Å². The van der Waals surface area contributed by atoms with Crippen molar-refractivity contribution >= 4 is 87.8 Å². The lowest BCUT2D eigenvalue weighted by molar-refractivity contribution is -0.163.